The maximum atomic E-state index is 12.1. The quantitative estimate of drug-likeness (QED) is 0.304. The van der Waals surface area contributed by atoms with Gasteiger partial charge in [0.05, 0.1) is 6.61 Å². The van der Waals surface area contributed by atoms with Crippen LogP contribution in [0.2, 0.25) is 0 Å². The van der Waals surface area contributed by atoms with Crippen LogP contribution in [0, 0.1) is 0 Å². The molecule has 1 amide bonds. The van der Waals surface area contributed by atoms with Gasteiger partial charge in [-0.2, -0.15) is 0 Å². The van der Waals surface area contributed by atoms with E-state index in [4.69, 9.17) is 10.5 Å². The highest BCUT2D eigenvalue weighted by molar-refractivity contribution is 5.84. The van der Waals surface area contributed by atoms with Crippen LogP contribution in [0.15, 0.2) is 0 Å². The lowest BCUT2D eigenvalue weighted by atomic mass is 10.1. The topological polar surface area (TPSA) is 81.4 Å². The monoisotopic (exact) mass is 356 g/mol. The lowest BCUT2D eigenvalue weighted by molar-refractivity contribution is -0.148. The molecule has 5 nitrogen and oxygen atoms in total. The molecule has 3 N–H and O–H groups in total. The Morgan fingerprint density at radius 1 is 0.880 bits per heavy atom. The Balaban J connectivity index is 3.96. The molecule has 1 atom stereocenters. The van der Waals surface area contributed by atoms with Gasteiger partial charge in [-0.1, -0.05) is 58.8 Å². The molecule has 0 bridgehead atoms. The van der Waals surface area contributed by atoms with E-state index in [-0.39, 0.29) is 11.9 Å². The smallest absolute Gasteiger partial charge is 0.328 e. The SMILES string of the molecule is CCCCCCCCCCC(=O)N[C@@H](CCCCN)C(=O)OCCC. The van der Waals surface area contributed by atoms with Gasteiger partial charge in [-0.05, 0) is 38.6 Å². The van der Waals surface area contributed by atoms with Gasteiger partial charge in [0, 0.05) is 6.42 Å². The molecule has 0 aliphatic carbocycles. The van der Waals surface area contributed by atoms with Crippen LogP contribution in [0.3, 0.4) is 0 Å². The first-order valence-corrected chi connectivity index (χ1v) is 10.3. The molecular weight excluding hydrogens is 316 g/mol. The van der Waals surface area contributed by atoms with Crippen LogP contribution < -0.4 is 11.1 Å². The predicted molar refractivity (Wildman–Crippen MR) is 103 cm³/mol. The Morgan fingerprint density at radius 2 is 1.52 bits per heavy atom. The first kappa shape index (κ1) is 23.9. The highest BCUT2D eigenvalue weighted by Crippen LogP contribution is 2.10. The second-order valence-corrected chi connectivity index (χ2v) is 6.80. The van der Waals surface area contributed by atoms with E-state index in [0.29, 0.717) is 26.0 Å². The van der Waals surface area contributed by atoms with Gasteiger partial charge >= 0.3 is 5.97 Å². The minimum Gasteiger partial charge on any atom is -0.464 e. The standard InChI is InChI=1S/C20H40N2O3/c1-3-5-6-7-8-9-10-11-15-19(23)22-18(14-12-13-16-21)20(24)25-17-4-2/h18H,3-17,21H2,1-2H3,(H,22,23)/t18-/m0/s1. The molecule has 0 saturated heterocycles. The number of carbonyl (C=O) groups is 2. The zero-order chi connectivity index (χ0) is 18.8. The van der Waals surface area contributed by atoms with Crippen molar-refractivity contribution in [3.05, 3.63) is 0 Å². The van der Waals surface area contributed by atoms with Crippen LogP contribution in [-0.2, 0) is 14.3 Å². The van der Waals surface area contributed by atoms with E-state index in [9.17, 15) is 9.59 Å². The normalized spacial score (nSPS) is 12.0. The molecule has 0 saturated carbocycles. The van der Waals surface area contributed by atoms with Gasteiger partial charge in [0.1, 0.15) is 6.04 Å². The van der Waals surface area contributed by atoms with E-state index < -0.39 is 6.04 Å². The molecule has 0 aromatic carbocycles. The molecule has 25 heavy (non-hydrogen) atoms. The van der Waals surface area contributed by atoms with Crippen molar-refractivity contribution in [2.24, 2.45) is 5.73 Å². The summed E-state index contributed by atoms with van der Waals surface area (Å²) in [4.78, 5) is 24.2. The van der Waals surface area contributed by atoms with Gasteiger partial charge in [-0.15, -0.1) is 0 Å². The van der Waals surface area contributed by atoms with Gasteiger partial charge in [0.25, 0.3) is 0 Å². The number of rotatable bonds is 17. The van der Waals surface area contributed by atoms with E-state index in [1.165, 1.54) is 38.5 Å². The third-order valence-electron chi connectivity index (χ3n) is 4.27. The molecule has 0 unspecified atom stereocenters. The molecule has 0 rings (SSSR count). The zero-order valence-corrected chi connectivity index (χ0v) is 16.5. The predicted octanol–water partition coefficient (Wildman–Crippen LogP) is 4.08. The second kappa shape index (κ2) is 17.7. The van der Waals surface area contributed by atoms with E-state index in [0.717, 1.165) is 32.1 Å². The summed E-state index contributed by atoms with van der Waals surface area (Å²) in [6.45, 7) is 5.18. The van der Waals surface area contributed by atoms with Gasteiger partial charge in [-0.25, -0.2) is 4.79 Å². The summed E-state index contributed by atoms with van der Waals surface area (Å²) in [5.74, 6) is -0.361. The zero-order valence-electron chi connectivity index (χ0n) is 16.5. The first-order chi connectivity index (χ1) is 12.2. The molecule has 0 aromatic rings. The number of hydrogen-bond donors (Lipinski definition) is 2. The summed E-state index contributed by atoms with van der Waals surface area (Å²) in [6.07, 6.45) is 13.2. The Kier molecular flexibility index (Phi) is 16.9. The molecule has 148 valence electrons. The van der Waals surface area contributed by atoms with Crippen LogP contribution in [0.4, 0.5) is 0 Å². The van der Waals surface area contributed by atoms with Crippen molar-refractivity contribution in [1.29, 1.82) is 0 Å². The molecule has 0 fully saturated rings. The van der Waals surface area contributed by atoms with Crippen molar-refractivity contribution in [1.82, 2.24) is 5.32 Å². The van der Waals surface area contributed by atoms with Crippen molar-refractivity contribution >= 4 is 11.9 Å². The summed E-state index contributed by atoms with van der Waals surface area (Å²) in [7, 11) is 0. The van der Waals surface area contributed by atoms with Crippen molar-refractivity contribution in [3.63, 3.8) is 0 Å². The van der Waals surface area contributed by atoms with Crippen molar-refractivity contribution < 1.29 is 14.3 Å². The van der Waals surface area contributed by atoms with Crippen LogP contribution >= 0.6 is 0 Å². The second-order valence-electron chi connectivity index (χ2n) is 6.80. The number of carbonyl (C=O) groups excluding carboxylic acids is 2. The molecule has 0 aromatic heterocycles. The van der Waals surface area contributed by atoms with Crippen LogP contribution in [0.5, 0.6) is 0 Å². The summed E-state index contributed by atoms with van der Waals surface area (Å²) in [6, 6.07) is -0.528. The molecule has 0 spiro atoms. The number of nitrogens with one attached hydrogen (secondary N) is 1. The summed E-state index contributed by atoms with van der Waals surface area (Å²) in [5, 5.41) is 2.85. The minimum absolute atomic E-state index is 0.0443. The third kappa shape index (κ3) is 14.9. The molecule has 5 heteroatoms. The number of amides is 1. The lowest BCUT2D eigenvalue weighted by Gasteiger charge is -2.17. The molecule has 0 aliphatic rings. The third-order valence-corrected chi connectivity index (χ3v) is 4.27. The Bertz CT molecular complexity index is 335. The lowest BCUT2D eigenvalue weighted by Crippen LogP contribution is -2.42. The number of ether oxygens (including phenoxy) is 1. The highest BCUT2D eigenvalue weighted by atomic mass is 16.5. The fourth-order valence-electron chi connectivity index (χ4n) is 2.73. The van der Waals surface area contributed by atoms with Crippen molar-refractivity contribution in [2.45, 2.75) is 103 Å². The van der Waals surface area contributed by atoms with Gasteiger partial charge < -0.3 is 15.8 Å². The number of hydrogen-bond acceptors (Lipinski definition) is 4. The number of esters is 1. The number of unbranched alkanes of at least 4 members (excludes halogenated alkanes) is 8. The highest BCUT2D eigenvalue weighted by Gasteiger charge is 2.21. The summed E-state index contributed by atoms with van der Waals surface area (Å²) < 4.78 is 5.19. The van der Waals surface area contributed by atoms with Gasteiger partial charge in [-0.3, -0.25) is 4.79 Å². The summed E-state index contributed by atoms with van der Waals surface area (Å²) in [5.41, 5.74) is 5.50. The maximum Gasteiger partial charge on any atom is 0.328 e. The van der Waals surface area contributed by atoms with E-state index in [2.05, 4.69) is 12.2 Å². The first-order valence-electron chi connectivity index (χ1n) is 10.3. The molecule has 0 radical (unpaired) electrons. The fraction of sp³-hybridized carbons (Fsp3) is 0.900. The number of nitrogens with two attached hydrogens (primary N) is 1. The Hall–Kier alpha value is -1.10. The van der Waals surface area contributed by atoms with Crippen LogP contribution in [-0.4, -0.2) is 31.1 Å². The average molecular weight is 357 g/mol. The van der Waals surface area contributed by atoms with Crippen molar-refractivity contribution in [3.8, 4) is 0 Å². The molecular formula is C20H40N2O3. The maximum absolute atomic E-state index is 12.1. The van der Waals surface area contributed by atoms with E-state index in [1.807, 2.05) is 6.92 Å². The fourth-order valence-corrected chi connectivity index (χ4v) is 2.73. The average Bonchev–Trinajstić information content (AvgIpc) is 2.61. The van der Waals surface area contributed by atoms with Crippen molar-refractivity contribution in [2.75, 3.05) is 13.2 Å². The Labute approximate surface area is 154 Å². The minimum atomic E-state index is -0.528. The van der Waals surface area contributed by atoms with Crippen LogP contribution in [0.1, 0.15) is 97.3 Å². The van der Waals surface area contributed by atoms with E-state index in [1.54, 1.807) is 0 Å². The van der Waals surface area contributed by atoms with Crippen LogP contribution in [0.25, 0.3) is 0 Å². The Morgan fingerprint density at radius 3 is 2.12 bits per heavy atom. The van der Waals surface area contributed by atoms with Gasteiger partial charge in [0.15, 0.2) is 0 Å². The van der Waals surface area contributed by atoms with E-state index >= 15 is 0 Å². The van der Waals surface area contributed by atoms with Gasteiger partial charge in [0.2, 0.25) is 5.91 Å². The molecule has 0 aliphatic heterocycles. The molecule has 0 heterocycles. The summed E-state index contributed by atoms with van der Waals surface area (Å²) >= 11 is 0. The largest absolute Gasteiger partial charge is 0.464 e.